The number of quaternary nitrogens is 1. The second kappa shape index (κ2) is 45.1. The average molecular weight is 875 g/mol. The first-order valence-corrected chi connectivity index (χ1v) is 26.0. The van der Waals surface area contributed by atoms with Crippen LogP contribution in [-0.4, -0.2) is 80.6 Å². The quantitative estimate of drug-likeness (QED) is 0.0281. The molecule has 8 heteroatoms. The molecule has 0 radical (unpaired) electrons. The molecule has 8 nitrogen and oxygen atoms in total. The molecular weight excluding hydrogens is 775 g/mol. The molecule has 0 aliphatic rings. The number of carbonyl (C=O) groups is 3. The first-order valence-electron chi connectivity index (χ1n) is 26.0. The van der Waals surface area contributed by atoms with E-state index in [4.69, 9.17) is 14.2 Å². The molecule has 62 heavy (non-hydrogen) atoms. The zero-order chi connectivity index (χ0) is 45.6. The van der Waals surface area contributed by atoms with E-state index in [-0.39, 0.29) is 36.2 Å². The van der Waals surface area contributed by atoms with Crippen LogP contribution in [0.1, 0.15) is 239 Å². The number of hydrogen-bond donors (Lipinski definition) is 1. The molecule has 2 atom stereocenters. The second-order valence-corrected chi connectivity index (χ2v) is 18.8. The summed E-state index contributed by atoms with van der Waals surface area (Å²) < 4.78 is 17.4. The van der Waals surface area contributed by atoms with Crippen molar-refractivity contribution in [1.82, 2.24) is 0 Å². The van der Waals surface area contributed by atoms with E-state index < -0.39 is 18.1 Å². The lowest BCUT2D eigenvalue weighted by atomic mass is 10.0. The minimum Gasteiger partial charge on any atom is -0.477 e. The number of likely N-dealkylation sites (N-methyl/N-ethyl adjacent to an activating group) is 1. The van der Waals surface area contributed by atoms with Crippen LogP contribution in [0.3, 0.4) is 0 Å². The number of rotatable bonds is 47. The van der Waals surface area contributed by atoms with Crippen LogP contribution in [0.4, 0.5) is 0 Å². The van der Waals surface area contributed by atoms with Gasteiger partial charge < -0.3 is 23.8 Å². The molecule has 0 bridgehead atoms. The maximum Gasteiger partial charge on any atom is 0.362 e. The number of nitrogens with zero attached hydrogens (tertiary/aromatic N) is 1. The molecule has 0 amide bonds. The zero-order valence-corrected chi connectivity index (χ0v) is 41.3. The summed E-state index contributed by atoms with van der Waals surface area (Å²) in [4.78, 5) is 37.2. The Hall–Kier alpha value is -2.45. The monoisotopic (exact) mass is 875 g/mol. The SMILES string of the molecule is CCCCC/C=C/C/C=C/C/C=C/CCCCCCCCCCCC(=O)OC(COCCC(C(=O)O)[N+](C)(C)C)COC(=O)CCCCCCCCCCCCCCCCCC. The number of carboxylic acids is 1. The summed E-state index contributed by atoms with van der Waals surface area (Å²) >= 11 is 0. The number of hydrogen-bond acceptors (Lipinski definition) is 6. The van der Waals surface area contributed by atoms with Crippen molar-refractivity contribution in [1.29, 1.82) is 0 Å². The Balaban J connectivity index is 4.23. The molecule has 2 unspecified atom stereocenters. The van der Waals surface area contributed by atoms with Crippen molar-refractivity contribution in [3.05, 3.63) is 36.5 Å². The highest BCUT2D eigenvalue weighted by Gasteiger charge is 2.31. The van der Waals surface area contributed by atoms with Gasteiger partial charge in [-0.2, -0.15) is 0 Å². The molecule has 0 saturated heterocycles. The van der Waals surface area contributed by atoms with E-state index in [0.717, 1.165) is 57.8 Å². The van der Waals surface area contributed by atoms with E-state index in [1.807, 2.05) is 21.1 Å². The summed E-state index contributed by atoms with van der Waals surface area (Å²) in [5, 5.41) is 9.65. The van der Waals surface area contributed by atoms with Crippen LogP contribution >= 0.6 is 0 Å². The van der Waals surface area contributed by atoms with E-state index in [1.165, 1.54) is 148 Å². The Morgan fingerprint density at radius 1 is 0.484 bits per heavy atom. The second-order valence-electron chi connectivity index (χ2n) is 18.8. The highest BCUT2D eigenvalue weighted by Crippen LogP contribution is 2.16. The fourth-order valence-corrected chi connectivity index (χ4v) is 7.75. The van der Waals surface area contributed by atoms with Crippen molar-refractivity contribution >= 4 is 17.9 Å². The Kier molecular flexibility index (Phi) is 43.3. The van der Waals surface area contributed by atoms with Gasteiger partial charge in [-0.3, -0.25) is 9.59 Å². The van der Waals surface area contributed by atoms with Gasteiger partial charge >= 0.3 is 17.9 Å². The van der Waals surface area contributed by atoms with Gasteiger partial charge in [-0.25, -0.2) is 4.79 Å². The maximum absolute atomic E-state index is 12.8. The van der Waals surface area contributed by atoms with Crippen molar-refractivity contribution in [2.75, 3.05) is 41.0 Å². The number of esters is 2. The van der Waals surface area contributed by atoms with Crippen LogP contribution in [0.15, 0.2) is 36.5 Å². The van der Waals surface area contributed by atoms with E-state index in [1.54, 1.807) is 0 Å². The van der Waals surface area contributed by atoms with Crippen LogP contribution in [0.25, 0.3) is 0 Å². The molecule has 0 heterocycles. The van der Waals surface area contributed by atoms with Crippen LogP contribution in [0.2, 0.25) is 0 Å². The molecule has 0 fully saturated rings. The molecule has 0 aliphatic heterocycles. The molecule has 0 saturated carbocycles. The standard InChI is InChI=1S/C54H99NO7/c1-6-8-10-12-14-16-18-20-22-24-25-26-27-28-29-31-33-35-37-39-41-43-45-53(57)62-50(48-60-47-46-51(54(58)59)55(3,4)5)49-61-52(56)44-42-40-38-36-34-32-30-23-21-19-17-15-13-11-9-7-2/h14,16,20,22,25-26,50-51H,6-13,15,17-19,21,23-24,27-49H2,1-5H3/p+1/b16-14+,22-20+,26-25+. The summed E-state index contributed by atoms with van der Waals surface area (Å²) in [7, 11) is 5.54. The molecule has 0 aromatic rings. The summed E-state index contributed by atoms with van der Waals surface area (Å²) in [6, 6.07) is -0.614. The summed E-state index contributed by atoms with van der Waals surface area (Å²) in [6.45, 7) is 4.74. The molecule has 0 spiro atoms. The lowest BCUT2D eigenvalue weighted by Gasteiger charge is -2.31. The van der Waals surface area contributed by atoms with Gasteiger partial charge in [-0.15, -0.1) is 0 Å². The zero-order valence-electron chi connectivity index (χ0n) is 41.3. The van der Waals surface area contributed by atoms with Gasteiger partial charge in [-0.05, 0) is 51.4 Å². The largest absolute Gasteiger partial charge is 0.477 e. The number of allylic oxidation sites excluding steroid dienone is 6. The highest BCUT2D eigenvalue weighted by atomic mass is 16.6. The summed E-state index contributed by atoms with van der Waals surface area (Å²) in [5.41, 5.74) is 0. The fraction of sp³-hybridized carbons (Fsp3) is 0.833. The molecule has 0 rings (SSSR count). The smallest absolute Gasteiger partial charge is 0.362 e. The first-order chi connectivity index (χ1) is 30.1. The summed E-state index contributed by atoms with van der Waals surface area (Å²) in [5.74, 6) is -1.46. The predicted octanol–water partition coefficient (Wildman–Crippen LogP) is 15.0. The van der Waals surface area contributed by atoms with Gasteiger partial charge in [0.1, 0.15) is 6.61 Å². The van der Waals surface area contributed by atoms with Crippen LogP contribution in [-0.2, 0) is 28.6 Å². The van der Waals surface area contributed by atoms with E-state index in [9.17, 15) is 19.5 Å². The van der Waals surface area contributed by atoms with Crippen LogP contribution in [0, 0.1) is 0 Å². The third-order valence-corrected chi connectivity index (χ3v) is 11.8. The maximum atomic E-state index is 12.8. The number of unbranched alkanes of at least 4 members (excludes halogenated alkanes) is 27. The molecule has 1 N–H and O–H groups in total. The van der Waals surface area contributed by atoms with Gasteiger partial charge in [0.15, 0.2) is 12.1 Å². The molecule has 0 aromatic heterocycles. The molecule has 362 valence electrons. The third kappa shape index (κ3) is 42.8. The minimum absolute atomic E-state index is 0.0495. The van der Waals surface area contributed by atoms with Gasteiger partial charge in [0.2, 0.25) is 0 Å². The minimum atomic E-state index is -0.873. The summed E-state index contributed by atoms with van der Waals surface area (Å²) in [6.07, 6.45) is 53.3. The first kappa shape index (κ1) is 59.5. The number of carbonyl (C=O) groups excluding carboxylic acids is 2. The Morgan fingerprint density at radius 3 is 1.29 bits per heavy atom. The van der Waals surface area contributed by atoms with Gasteiger partial charge in [0, 0.05) is 19.3 Å². The average Bonchev–Trinajstić information content (AvgIpc) is 3.23. The van der Waals surface area contributed by atoms with Gasteiger partial charge in [0.25, 0.3) is 0 Å². The van der Waals surface area contributed by atoms with E-state index in [2.05, 4.69) is 50.3 Å². The Bertz CT molecular complexity index is 1110. The van der Waals surface area contributed by atoms with Gasteiger partial charge in [-0.1, -0.05) is 204 Å². The topological polar surface area (TPSA) is 99.1 Å². The molecule has 0 aliphatic carbocycles. The number of aliphatic carboxylic acids is 1. The molecular formula is C54H100NO7+. The van der Waals surface area contributed by atoms with Crippen molar-refractivity contribution in [3.8, 4) is 0 Å². The fourth-order valence-electron chi connectivity index (χ4n) is 7.75. The molecule has 0 aromatic carbocycles. The van der Waals surface area contributed by atoms with Crippen molar-refractivity contribution in [3.63, 3.8) is 0 Å². The normalized spacial score (nSPS) is 13.1. The Labute approximate surface area is 383 Å². The lowest BCUT2D eigenvalue weighted by molar-refractivity contribution is -0.887. The van der Waals surface area contributed by atoms with Crippen molar-refractivity contribution < 1.29 is 38.2 Å². The van der Waals surface area contributed by atoms with Gasteiger partial charge in [0.05, 0.1) is 34.4 Å². The van der Waals surface area contributed by atoms with Crippen LogP contribution in [0.5, 0.6) is 0 Å². The highest BCUT2D eigenvalue weighted by molar-refractivity contribution is 5.72. The van der Waals surface area contributed by atoms with Crippen LogP contribution < -0.4 is 0 Å². The van der Waals surface area contributed by atoms with E-state index in [0.29, 0.717) is 19.3 Å². The Morgan fingerprint density at radius 2 is 0.855 bits per heavy atom. The van der Waals surface area contributed by atoms with E-state index >= 15 is 0 Å². The number of carboxylic acid groups (broad SMARTS) is 1. The predicted molar refractivity (Wildman–Crippen MR) is 261 cm³/mol. The lowest BCUT2D eigenvalue weighted by Crippen LogP contribution is -2.50. The third-order valence-electron chi connectivity index (χ3n) is 11.8. The number of ether oxygens (including phenoxy) is 3. The van der Waals surface area contributed by atoms with Crippen molar-refractivity contribution in [2.45, 2.75) is 251 Å². The van der Waals surface area contributed by atoms with Crippen molar-refractivity contribution in [2.24, 2.45) is 0 Å².